The monoisotopic (exact) mass is 311 g/mol. The number of carbonyl (C=O) groups excluding carboxylic acids is 1. The van der Waals surface area contributed by atoms with Crippen molar-refractivity contribution in [3.8, 4) is 11.5 Å². The van der Waals surface area contributed by atoms with Crippen molar-refractivity contribution in [1.82, 2.24) is 0 Å². The van der Waals surface area contributed by atoms with Gasteiger partial charge in [-0.2, -0.15) is 0 Å². The molecule has 2 aromatic rings. The van der Waals surface area contributed by atoms with Gasteiger partial charge in [-0.25, -0.2) is 0 Å². The van der Waals surface area contributed by atoms with Crippen LogP contribution in [-0.2, 0) is 11.2 Å². The van der Waals surface area contributed by atoms with Gasteiger partial charge in [-0.05, 0) is 42.3 Å². The van der Waals surface area contributed by atoms with Crippen molar-refractivity contribution in [2.24, 2.45) is 0 Å². The Morgan fingerprint density at radius 2 is 1.96 bits per heavy atom. The van der Waals surface area contributed by atoms with E-state index in [0.29, 0.717) is 11.5 Å². The number of hydrogen-bond acceptors (Lipinski definition) is 3. The normalized spacial score (nSPS) is 10.6. The molecule has 0 saturated heterocycles. The Balaban J connectivity index is 2.08. The lowest BCUT2D eigenvalue weighted by Gasteiger charge is -2.07. The molecule has 4 nitrogen and oxygen atoms in total. The number of benzene rings is 2. The molecule has 0 bridgehead atoms. The molecule has 0 aliphatic heterocycles. The molecular weight excluding hydrogens is 290 g/mol. The molecule has 120 valence electrons. The zero-order chi connectivity index (χ0) is 16.7. The number of methoxy groups -OCH3 is 2. The summed E-state index contributed by atoms with van der Waals surface area (Å²) in [6, 6.07) is 13.3. The van der Waals surface area contributed by atoms with E-state index in [-0.39, 0.29) is 5.91 Å². The first kappa shape index (κ1) is 16.6. The van der Waals surface area contributed by atoms with E-state index in [1.807, 2.05) is 36.4 Å². The Labute approximate surface area is 136 Å². The molecule has 0 aromatic heterocycles. The molecule has 0 aliphatic rings. The second kappa shape index (κ2) is 8.03. The van der Waals surface area contributed by atoms with Crippen molar-refractivity contribution < 1.29 is 14.3 Å². The zero-order valence-electron chi connectivity index (χ0n) is 13.6. The Kier molecular flexibility index (Phi) is 5.80. The molecule has 0 unspecified atom stereocenters. The molecule has 0 radical (unpaired) electrons. The van der Waals surface area contributed by atoms with Crippen LogP contribution < -0.4 is 14.8 Å². The van der Waals surface area contributed by atoms with Crippen LogP contribution in [0, 0.1) is 0 Å². The first-order valence-electron chi connectivity index (χ1n) is 7.46. The largest absolute Gasteiger partial charge is 0.497 e. The lowest BCUT2D eigenvalue weighted by molar-refractivity contribution is -0.111. The van der Waals surface area contributed by atoms with Crippen LogP contribution in [0.3, 0.4) is 0 Å². The second-order valence-corrected chi connectivity index (χ2v) is 4.98. The van der Waals surface area contributed by atoms with E-state index in [1.165, 1.54) is 11.6 Å². The number of hydrogen-bond donors (Lipinski definition) is 1. The lowest BCUT2D eigenvalue weighted by Crippen LogP contribution is -2.07. The maximum atomic E-state index is 12.0. The van der Waals surface area contributed by atoms with E-state index in [2.05, 4.69) is 12.2 Å². The van der Waals surface area contributed by atoms with Gasteiger partial charge in [-0.15, -0.1) is 0 Å². The van der Waals surface area contributed by atoms with E-state index < -0.39 is 0 Å². The highest BCUT2D eigenvalue weighted by Crippen LogP contribution is 2.25. The third kappa shape index (κ3) is 4.61. The van der Waals surface area contributed by atoms with Gasteiger partial charge >= 0.3 is 0 Å². The second-order valence-electron chi connectivity index (χ2n) is 4.98. The summed E-state index contributed by atoms with van der Waals surface area (Å²) in [4.78, 5) is 12.0. The minimum Gasteiger partial charge on any atom is -0.497 e. The molecule has 0 atom stereocenters. The summed E-state index contributed by atoms with van der Waals surface area (Å²) in [5.41, 5.74) is 2.79. The molecular formula is C19H21NO3. The molecule has 1 amide bonds. The summed E-state index contributed by atoms with van der Waals surface area (Å²) < 4.78 is 10.5. The molecule has 0 saturated carbocycles. The van der Waals surface area contributed by atoms with E-state index >= 15 is 0 Å². The fourth-order valence-corrected chi connectivity index (χ4v) is 2.17. The molecule has 0 spiro atoms. The zero-order valence-corrected chi connectivity index (χ0v) is 13.6. The van der Waals surface area contributed by atoms with E-state index in [1.54, 1.807) is 26.4 Å². The molecule has 4 heteroatoms. The van der Waals surface area contributed by atoms with Crippen molar-refractivity contribution >= 4 is 17.7 Å². The predicted molar refractivity (Wildman–Crippen MR) is 93.0 cm³/mol. The van der Waals surface area contributed by atoms with Crippen LogP contribution in [0.1, 0.15) is 18.1 Å². The highest BCUT2D eigenvalue weighted by molar-refractivity contribution is 6.02. The van der Waals surface area contributed by atoms with Gasteiger partial charge < -0.3 is 14.8 Å². The number of ether oxygens (including phenoxy) is 2. The van der Waals surface area contributed by atoms with Crippen LogP contribution in [0.2, 0.25) is 0 Å². The lowest BCUT2D eigenvalue weighted by atomic mass is 10.1. The van der Waals surface area contributed by atoms with Crippen molar-refractivity contribution in [1.29, 1.82) is 0 Å². The van der Waals surface area contributed by atoms with Crippen molar-refractivity contribution in [3.05, 3.63) is 59.7 Å². The summed E-state index contributed by atoms with van der Waals surface area (Å²) >= 11 is 0. The highest BCUT2D eigenvalue weighted by Gasteiger charge is 2.03. The molecule has 0 aliphatic carbocycles. The van der Waals surface area contributed by atoms with E-state index in [9.17, 15) is 4.79 Å². The topological polar surface area (TPSA) is 47.6 Å². The fourth-order valence-electron chi connectivity index (χ4n) is 2.17. The van der Waals surface area contributed by atoms with Gasteiger partial charge in [0, 0.05) is 23.4 Å². The first-order valence-corrected chi connectivity index (χ1v) is 7.46. The number of nitrogens with one attached hydrogen (secondary N) is 1. The standard InChI is InChI=1S/C19H21NO3/c1-4-14-6-5-7-16(12-14)20-19(21)11-9-15-8-10-17(22-2)13-18(15)23-3/h5-13H,4H2,1-3H3,(H,20,21)/b11-9+. The average molecular weight is 311 g/mol. The Morgan fingerprint density at radius 3 is 2.65 bits per heavy atom. The number of amides is 1. The number of anilines is 1. The van der Waals surface area contributed by atoms with Crippen molar-refractivity contribution in [2.75, 3.05) is 19.5 Å². The maximum Gasteiger partial charge on any atom is 0.248 e. The minimum absolute atomic E-state index is 0.184. The summed E-state index contributed by atoms with van der Waals surface area (Å²) in [7, 11) is 3.19. The van der Waals surface area contributed by atoms with Gasteiger partial charge in [-0.3, -0.25) is 4.79 Å². The molecule has 2 aromatic carbocycles. The van der Waals surface area contributed by atoms with Gasteiger partial charge in [0.2, 0.25) is 5.91 Å². The summed E-state index contributed by atoms with van der Waals surface area (Å²) in [6.07, 6.45) is 4.14. The number of carbonyl (C=O) groups is 1. The van der Waals surface area contributed by atoms with Crippen LogP contribution >= 0.6 is 0 Å². The SMILES string of the molecule is CCc1cccc(NC(=O)/C=C/c2ccc(OC)cc2OC)c1. The predicted octanol–water partition coefficient (Wildman–Crippen LogP) is 3.92. The van der Waals surface area contributed by atoms with Gasteiger partial charge in [0.1, 0.15) is 11.5 Å². The molecule has 23 heavy (non-hydrogen) atoms. The number of aryl methyl sites for hydroxylation is 1. The summed E-state index contributed by atoms with van der Waals surface area (Å²) in [6.45, 7) is 2.08. The van der Waals surface area contributed by atoms with E-state index in [4.69, 9.17) is 9.47 Å². The van der Waals surface area contributed by atoms with Gasteiger partial charge in [0.05, 0.1) is 14.2 Å². The van der Waals surface area contributed by atoms with Crippen LogP contribution in [0.25, 0.3) is 6.08 Å². The van der Waals surface area contributed by atoms with Crippen LogP contribution in [0.4, 0.5) is 5.69 Å². The summed E-state index contributed by atoms with van der Waals surface area (Å²) in [5.74, 6) is 1.18. The van der Waals surface area contributed by atoms with Crippen molar-refractivity contribution in [2.45, 2.75) is 13.3 Å². The van der Waals surface area contributed by atoms with Crippen LogP contribution in [0.5, 0.6) is 11.5 Å². The third-order valence-electron chi connectivity index (χ3n) is 3.46. The Bertz CT molecular complexity index is 708. The highest BCUT2D eigenvalue weighted by atomic mass is 16.5. The Morgan fingerprint density at radius 1 is 1.13 bits per heavy atom. The maximum absolute atomic E-state index is 12.0. The average Bonchev–Trinajstić information content (AvgIpc) is 2.59. The van der Waals surface area contributed by atoms with Gasteiger partial charge in [0.15, 0.2) is 0 Å². The third-order valence-corrected chi connectivity index (χ3v) is 3.46. The summed E-state index contributed by atoms with van der Waals surface area (Å²) in [5, 5.41) is 2.86. The molecule has 0 heterocycles. The Hall–Kier alpha value is -2.75. The van der Waals surface area contributed by atoms with Crippen molar-refractivity contribution in [3.63, 3.8) is 0 Å². The fraction of sp³-hybridized carbons (Fsp3) is 0.211. The van der Waals surface area contributed by atoms with Gasteiger partial charge in [0.25, 0.3) is 0 Å². The van der Waals surface area contributed by atoms with E-state index in [0.717, 1.165) is 17.7 Å². The van der Waals surface area contributed by atoms with Crippen LogP contribution in [0.15, 0.2) is 48.5 Å². The smallest absolute Gasteiger partial charge is 0.248 e. The molecule has 0 fully saturated rings. The molecule has 2 rings (SSSR count). The first-order chi connectivity index (χ1) is 11.2. The molecule has 1 N–H and O–H groups in total. The number of rotatable bonds is 6. The van der Waals surface area contributed by atoms with Crippen LogP contribution in [-0.4, -0.2) is 20.1 Å². The quantitative estimate of drug-likeness (QED) is 0.823. The van der Waals surface area contributed by atoms with Gasteiger partial charge in [-0.1, -0.05) is 19.1 Å². The minimum atomic E-state index is -0.184.